The van der Waals surface area contributed by atoms with E-state index < -0.39 is 16.1 Å². The summed E-state index contributed by atoms with van der Waals surface area (Å²) < 4.78 is 26.8. The molecule has 0 radical (unpaired) electrons. The number of carbonyl (C=O) groups is 1. The standard InChI is InChI=1S/C15H12Cl3NO3S/c1-10(9-20)19(15-8-12(17)4-7-14(15)18)23(21,22)13-5-2-11(16)3-6-13/h2-10H,1H3. The molecule has 0 aliphatic carbocycles. The van der Waals surface area contributed by atoms with Crippen molar-refractivity contribution in [1.29, 1.82) is 0 Å². The van der Waals surface area contributed by atoms with Gasteiger partial charge in [0.15, 0.2) is 0 Å². The third-order valence-electron chi connectivity index (χ3n) is 3.08. The van der Waals surface area contributed by atoms with Crippen molar-refractivity contribution in [2.24, 2.45) is 0 Å². The largest absolute Gasteiger partial charge is 0.301 e. The van der Waals surface area contributed by atoms with Crippen molar-refractivity contribution >= 4 is 56.8 Å². The summed E-state index contributed by atoms with van der Waals surface area (Å²) in [5.41, 5.74) is 0.133. The monoisotopic (exact) mass is 391 g/mol. The van der Waals surface area contributed by atoms with Gasteiger partial charge >= 0.3 is 0 Å². The number of anilines is 1. The molecule has 122 valence electrons. The number of sulfonamides is 1. The Morgan fingerprint density at radius 3 is 2.13 bits per heavy atom. The minimum atomic E-state index is -4.02. The highest BCUT2D eigenvalue weighted by Crippen LogP contribution is 2.34. The van der Waals surface area contributed by atoms with Crippen molar-refractivity contribution in [2.75, 3.05) is 4.31 Å². The van der Waals surface area contributed by atoms with Gasteiger partial charge in [0.25, 0.3) is 10.0 Å². The molecular formula is C15H12Cl3NO3S. The number of rotatable bonds is 5. The molecule has 0 spiro atoms. The highest BCUT2D eigenvalue weighted by Gasteiger charge is 2.31. The second-order valence-electron chi connectivity index (χ2n) is 4.73. The zero-order chi connectivity index (χ0) is 17.2. The van der Waals surface area contributed by atoms with Crippen LogP contribution < -0.4 is 4.31 Å². The summed E-state index contributed by atoms with van der Waals surface area (Å²) in [6, 6.07) is 9.08. The smallest absolute Gasteiger partial charge is 0.265 e. The molecular weight excluding hydrogens is 381 g/mol. The number of halogens is 3. The molecule has 1 unspecified atom stereocenters. The van der Waals surface area contributed by atoms with Crippen LogP contribution in [0.3, 0.4) is 0 Å². The Labute approximate surface area is 149 Å². The SMILES string of the molecule is CC(C=O)N(c1cc(Cl)ccc1Cl)S(=O)(=O)c1ccc(Cl)cc1. The fourth-order valence-electron chi connectivity index (χ4n) is 2.00. The van der Waals surface area contributed by atoms with Crippen molar-refractivity contribution in [3.63, 3.8) is 0 Å². The molecule has 2 rings (SSSR count). The second kappa shape index (κ2) is 7.09. The lowest BCUT2D eigenvalue weighted by Gasteiger charge is -2.28. The minimum Gasteiger partial charge on any atom is -0.301 e. The fourth-order valence-corrected chi connectivity index (χ4v) is 4.15. The van der Waals surface area contributed by atoms with Gasteiger partial charge in [-0.2, -0.15) is 0 Å². The maximum atomic E-state index is 12.9. The van der Waals surface area contributed by atoms with Gasteiger partial charge in [-0.25, -0.2) is 8.42 Å². The van der Waals surface area contributed by atoms with Crippen molar-refractivity contribution < 1.29 is 13.2 Å². The number of nitrogens with zero attached hydrogens (tertiary/aromatic N) is 1. The minimum absolute atomic E-state index is 0.00774. The molecule has 0 aliphatic heterocycles. The normalized spacial score (nSPS) is 12.7. The first-order chi connectivity index (χ1) is 10.8. The first kappa shape index (κ1) is 18.1. The highest BCUT2D eigenvalue weighted by molar-refractivity contribution is 7.93. The summed E-state index contributed by atoms with van der Waals surface area (Å²) in [4.78, 5) is 11.2. The predicted molar refractivity (Wildman–Crippen MR) is 93.1 cm³/mol. The first-order valence-electron chi connectivity index (χ1n) is 6.47. The van der Waals surface area contributed by atoms with Crippen molar-refractivity contribution in [3.8, 4) is 0 Å². The van der Waals surface area contributed by atoms with Crippen molar-refractivity contribution in [2.45, 2.75) is 17.9 Å². The Morgan fingerprint density at radius 2 is 1.57 bits per heavy atom. The van der Waals surface area contributed by atoms with Gasteiger partial charge in [-0.15, -0.1) is 0 Å². The predicted octanol–water partition coefficient (Wildman–Crippen LogP) is 4.43. The van der Waals surface area contributed by atoms with Gasteiger partial charge < -0.3 is 4.79 Å². The molecule has 0 saturated carbocycles. The van der Waals surface area contributed by atoms with Gasteiger partial charge in [-0.3, -0.25) is 4.31 Å². The first-order valence-corrected chi connectivity index (χ1v) is 9.05. The molecule has 0 N–H and O–H groups in total. The van der Waals surface area contributed by atoms with Crippen LogP contribution >= 0.6 is 34.8 Å². The number of carbonyl (C=O) groups excluding carboxylic acids is 1. The molecule has 0 aromatic heterocycles. The summed E-state index contributed by atoms with van der Waals surface area (Å²) in [6.45, 7) is 1.46. The van der Waals surface area contributed by atoms with E-state index in [0.717, 1.165) is 4.31 Å². The number of hydrogen-bond acceptors (Lipinski definition) is 3. The van der Waals surface area contributed by atoms with Gasteiger partial charge in [-0.05, 0) is 49.4 Å². The van der Waals surface area contributed by atoms with Crippen molar-refractivity contribution in [1.82, 2.24) is 0 Å². The van der Waals surface area contributed by atoms with E-state index in [1.165, 1.54) is 49.4 Å². The van der Waals surface area contributed by atoms with Crippen LogP contribution in [0.1, 0.15) is 6.92 Å². The van der Waals surface area contributed by atoms with E-state index in [9.17, 15) is 13.2 Å². The Bertz CT molecular complexity index is 822. The molecule has 0 heterocycles. The van der Waals surface area contributed by atoms with Crippen LogP contribution in [-0.4, -0.2) is 20.7 Å². The quantitative estimate of drug-likeness (QED) is 0.707. The molecule has 23 heavy (non-hydrogen) atoms. The Balaban J connectivity index is 2.65. The van der Waals surface area contributed by atoms with Crippen LogP contribution in [0.5, 0.6) is 0 Å². The molecule has 0 saturated heterocycles. The molecule has 0 amide bonds. The topological polar surface area (TPSA) is 54.5 Å². The van der Waals surface area contributed by atoms with E-state index in [1.54, 1.807) is 0 Å². The molecule has 2 aromatic rings. The van der Waals surface area contributed by atoms with E-state index in [4.69, 9.17) is 34.8 Å². The van der Waals surface area contributed by atoms with E-state index in [2.05, 4.69) is 0 Å². The Morgan fingerprint density at radius 1 is 1.00 bits per heavy atom. The molecule has 4 nitrogen and oxygen atoms in total. The number of benzene rings is 2. The van der Waals surface area contributed by atoms with E-state index in [0.29, 0.717) is 16.3 Å². The molecule has 0 fully saturated rings. The van der Waals surface area contributed by atoms with E-state index >= 15 is 0 Å². The summed E-state index contributed by atoms with van der Waals surface area (Å²) in [7, 11) is -4.02. The maximum Gasteiger partial charge on any atom is 0.265 e. The summed E-state index contributed by atoms with van der Waals surface area (Å²) >= 11 is 17.8. The van der Waals surface area contributed by atoms with Crippen molar-refractivity contribution in [3.05, 3.63) is 57.5 Å². The van der Waals surface area contributed by atoms with Crippen LogP contribution in [0.15, 0.2) is 47.4 Å². The lowest BCUT2D eigenvalue weighted by molar-refractivity contribution is -0.108. The van der Waals surface area contributed by atoms with Gasteiger partial charge in [0, 0.05) is 10.0 Å². The highest BCUT2D eigenvalue weighted by atomic mass is 35.5. The molecule has 8 heteroatoms. The van der Waals surface area contributed by atoms with Crippen LogP contribution in [0.2, 0.25) is 15.1 Å². The number of aldehydes is 1. The summed E-state index contributed by atoms with van der Waals surface area (Å²) in [5.74, 6) is 0. The molecule has 1 atom stereocenters. The number of hydrogen-bond donors (Lipinski definition) is 0. The lowest BCUT2D eigenvalue weighted by Crippen LogP contribution is -2.39. The average molecular weight is 393 g/mol. The zero-order valence-corrected chi connectivity index (χ0v) is 15.0. The van der Waals surface area contributed by atoms with E-state index in [1.807, 2.05) is 0 Å². The Kier molecular flexibility index (Phi) is 5.57. The van der Waals surface area contributed by atoms with Crippen LogP contribution in [0.4, 0.5) is 5.69 Å². The zero-order valence-electron chi connectivity index (χ0n) is 11.9. The third-order valence-corrected chi connectivity index (χ3v) is 5.80. The van der Waals surface area contributed by atoms with Crippen LogP contribution in [0.25, 0.3) is 0 Å². The second-order valence-corrected chi connectivity index (χ2v) is 7.82. The molecule has 0 aliphatic rings. The summed E-state index contributed by atoms with van der Waals surface area (Å²) in [5, 5.41) is 0.874. The van der Waals surface area contributed by atoms with Crippen LogP contribution in [0, 0.1) is 0 Å². The van der Waals surface area contributed by atoms with E-state index in [-0.39, 0.29) is 15.6 Å². The lowest BCUT2D eigenvalue weighted by atomic mass is 10.3. The average Bonchev–Trinajstić information content (AvgIpc) is 2.51. The van der Waals surface area contributed by atoms with Crippen LogP contribution in [-0.2, 0) is 14.8 Å². The fraction of sp³-hybridized carbons (Fsp3) is 0.133. The summed E-state index contributed by atoms with van der Waals surface area (Å²) in [6.07, 6.45) is 0.519. The maximum absolute atomic E-state index is 12.9. The van der Waals surface area contributed by atoms with Gasteiger partial charge in [0.1, 0.15) is 6.29 Å². The Hall–Kier alpha value is -1.27. The molecule has 0 bridgehead atoms. The molecule has 2 aromatic carbocycles. The third kappa shape index (κ3) is 3.80. The van der Waals surface area contributed by atoms with Gasteiger partial charge in [-0.1, -0.05) is 34.8 Å². The van der Waals surface area contributed by atoms with Gasteiger partial charge in [0.2, 0.25) is 0 Å². The van der Waals surface area contributed by atoms with Gasteiger partial charge in [0.05, 0.1) is 21.6 Å².